The third kappa shape index (κ3) is 11.2. The lowest BCUT2D eigenvalue weighted by Gasteiger charge is -2.59. The number of rotatable bonds is 23. The number of carbonyl (C=O) groups is 1. The van der Waals surface area contributed by atoms with Crippen molar-refractivity contribution in [2.45, 2.75) is 96.2 Å². The van der Waals surface area contributed by atoms with Gasteiger partial charge in [-0.05, 0) is 117 Å². The van der Waals surface area contributed by atoms with Crippen LogP contribution in [0.5, 0.6) is 17.2 Å². The zero-order valence-electron chi connectivity index (χ0n) is 38.4. The topological polar surface area (TPSA) is 218 Å². The monoisotopic (exact) mass is 933 g/mol. The van der Waals surface area contributed by atoms with Crippen molar-refractivity contribution in [2.75, 3.05) is 26.4 Å². The van der Waals surface area contributed by atoms with Crippen LogP contribution in [0.25, 0.3) is 0 Å². The highest BCUT2D eigenvalue weighted by Gasteiger charge is 2.65. The number of unbranched alkanes of at least 4 members (excludes halogenated alkanes) is 2. The normalized spacial score (nSPS) is 21.9. The Morgan fingerprint density at radius 1 is 0.941 bits per heavy atom. The van der Waals surface area contributed by atoms with Crippen LogP contribution >= 0.6 is 0 Å². The number of aryl methyl sites for hydroxylation is 1. The van der Waals surface area contributed by atoms with E-state index >= 15 is 0 Å². The van der Waals surface area contributed by atoms with Gasteiger partial charge in [-0.15, -0.1) is 6.58 Å². The maximum absolute atomic E-state index is 14.7. The molecular weight excluding hydrogens is 875 g/mol. The van der Waals surface area contributed by atoms with Crippen molar-refractivity contribution >= 4 is 23.2 Å². The number of benzene rings is 3. The predicted molar refractivity (Wildman–Crippen MR) is 252 cm³/mol. The van der Waals surface area contributed by atoms with Crippen molar-refractivity contribution in [1.29, 1.82) is 0 Å². The number of amides is 1. The van der Waals surface area contributed by atoms with Gasteiger partial charge >= 0.3 is 6.09 Å². The number of non-ortho nitro benzene ring substituents is 2. The Labute approximate surface area is 395 Å². The fourth-order valence-electron chi connectivity index (χ4n) is 9.88. The first-order chi connectivity index (χ1) is 33.0. The van der Waals surface area contributed by atoms with Crippen LogP contribution in [-0.4, -0.2) is 79.9 Å². The van der Waals surface area contributed by atoms with Crippen molar-refractivity contribution in [3.05, 3.63) is 152 Å². The molecule has 1 aliphatic heterocycles. The third-order valence-electron chi connectivity index (χ3n) is 12.9. The van der Waals surface area contributed by atoms with Gasteiger partial charge in [0, 0.05) is 67.6 Å². The number of aliphatic hydroxyl groups is 2. The van der Waals surface area contributed by atoms with E-state index in [1.54, 1.807) is 23.1 Å². The number of nitro groups is 2. The molecule has 2 aliphatic carbocycles. The Morgan fingerprint density at radius 3 is 2.29 bits per heavy atom. The number of nitro benzene ring substituents is 2. The molecule has 68 heavy (non-hydrogen) atoms. The van der Waals surface area contributed by atoms with Crippen LogP contribution in [0.15, 0.2) is 114 Å². The molecule has 4 aromatic rings. The molecule has 2 heterocycles. The van der Waals surface area contributed by atoms with Gasteiger partial charge < -0.3 is 34.0 Å². The molecule has 6 atom stereocenters. The molecule has 360 valence electrons. The molecule has 0 unspecified atom stereocenters. The predicted octanol–water partition coefficient (Wildman–Crippen LogP) is 9.53. The van der Waals surface area contributed by atoms with Crippen molar-refractivity contribution in [3.63, 3.8) is 0 Å². The lowest BCUT2D eigenvalue weighted by molar-refractivity contribution is -0.385. The first-order valence-electron chi connectivity index (χ1n) is 23.2. The molecule has 0 bridgehead atoms. The minimum Gasteiger partial charge on any atom is -0.487 e. The minimum absolute atomic E-state index is 0.00789. The van der Waals surface area contributed by atoms with Crippen molar-refractivity contribution in [2.24, 2.45) is 22.9 Å². The Balaban J connectivity index is 1.40. The summed E-state index contributed by atoms with van der Waals surface area (Å²) in [4.78, 5) is 48.9. The molecule has 7 rings (SSSR count). The van der Waals surface area contributed by atoms with Gasteiger partial charge in [0.25, 0.3) is 11.4 Å². The van der Waals surface area contributed by atoms with E-state index in [2.05, 4.69) is 17.6 Å². The summed E-state index contributed by atoms with van der Waals surface area (Å²) in [6, 6.07) is 21.9. The molecular formula is C51H59N5O12. The zero-order chi connectivity index (χ0) is 48.2. The highest BCUT2D eigenvalue weighted by molar-refractivity contribution is 6.03. The Bertz CT molecular complexity index is 2460. The maximum atomic E-state index is 14.7. The number of oxime groups is 1. The van der Waals surface area contributed by atoms with Gasteiger partial charge in [0.05, 0.1) is 33.8 Å². The van der Waals surface area contributed by atoms with Crippen LogP contribution in [0.2, 0.25) is 0 Å². The summed E-state index contributed by atoms with van der Waals surface area (Å²) in [6.07, 6.45) is 7.86. The maximum Gasteiger partial charge on any atom is 0.415 e. The number of aliphatic hydroxyl groups excluding tert-OH is 2. The molecule has 0 radical (unpaired) electrons. The number of fused-ring (bicyclic) bond motifs is 2. The average molecular weight is 934 g/mol. The standard InChI is InChI=1S/C51H59N5O12/c1-4-25-54(50(59)67-40-21-19-39(20-22-40)56(62)63)47-31-45(53-66-32-35-15-17-38(18-16-35)55(60)61)43-29-36(12-6-8-26-57)42(14-7-9-27-58)48-44-30-41(64-33-37-13-10-11-34(3)52-37)23-24-46(44)68-51(47,49(43)48)65-28-5-2/h5,10-11,13,15-24,29-30,36,42,47-49,57-58H,2,4,6-9,12,14,25-28,31-33H2,1,3H3/t36-,42+,47-,48+,49+,51+/m0/s1. The Morgan fingerprint density at radius 2 is 1.63 bits per heavy atom. The third-order valence-corrected chi connectivity index (χ3v) is 12.9. The number of allylic oxidation sites excluding steroid dienone is 1. The van der Waals surface area contributed by atoms with Gasteiger partial charge in [-0.25, -0.2) is 4.79 Å². The van der Waals surface area contributed by atoms with E-state index in [4.69, 9.17) is 28.9 Å². The summed E-state index contributed by atoms with van der Waals surface area (Å²) in [5, 5.41) is 47.6. The van der Waals surface area contributed by atoms with Gasteiger partial charge in [-0.2, -0.15) is 0 Å². The minimum atomic E-state index is -1.57. The van der Waals surface area contributed by atoms with Crippen LogP contribution in [0, 0.1) is 44.9 Å². The van der Waals surface area contributed by atoms with E-state index in [9.17, 15) is 35.2 Å². The fourth-order valence-corrected chi connectivity index (χ4v) is 9.88. The molecule has 1 fully saturated rings. The molecule has 0 saturated heterocycles. The number of pyridine rings is 1. The molecule has 1 saturated carbocycles. The summed E-state index contributed by atoms with van der Waals surface area (Å²) in [5.41, 5.74) is 4.30. The second-order valence-electron chi connectivity index (χ2n) is 17.3. The Hall–Kier alpha value is -6.69. The van der Waals surface area contributed by atoms with Gasteiger partial charge in [-0.3, -0.25) is 30.1 Å². The quantitative estimate of drug-likeness (QED) is 0.0307. The van der Waals surface area contributed by atoms with Crippen LogP contribution in [0.3, 0.4) is 0 Å². The number of ether oxygens (including phenoxy) is 4. The second kappa shape index (κ2) is 22.9. The van der Waals surface area contributed by atoms with Crippen LogP contribution in [0.1, 0.15) is 86.7 Å². The van der Waals surface area contributed by atoms with Crippen molar-refractivity contribution in [1.82, 2.24) is 9.88 Å². The van der Waals surface area contributed by atoms with Crippen LogP contribution in [0.4, 0.5) is 16.2 Å². The number of aromatic nitrogens is 1. The number of carbonyl (C=O) groups excluding carboxylic acids is 1. The first-order valence-corrected chi connectivity index (χ1v) is 23.2. The molecule has 0 spiro atoms. The van der Waals surface area contributed by atoms with Gasteiger partial charge in [0.1, 0.15) is 36.5 Å². The van der Waals surface area contributed by atoms with Crippen molar-refractivity contribution < 1.29 is 48.6 Å². The van der Waals surface area contributed by atoms with E-state index in [-0.39, 0.29) is 80.9 Å². The lowest BCUT2D eigenvalue weighted by atomic mass is 9.55. The lowest BCUT2D eigenvalue weighted by Crippen LogP contribution is -2.70. The molecule has 3 aliphatic rings. The number of hydrogen-bond donors (Lipinski definition) is 2. The largest absolute Gasteiger partial charge is 0.487 e. The summed E-state index contributed by atoms with van der Waals surface area (Å²) < 4.78 is 26.8. The smallest absolute Gasteiger partial charge is 0.415 e. The summed E-state index contributed by atoms with van der Waals surface area (Å²) >= 11 is 0. The van der Waals surface area contributed by atoms with Gasteiger partial charge in [-0.1, -0.05) is 43.1 Å². The summed E-state index contributed by atoms with van der Waals surface area (Å²) in [7, 11) is 0. The summed E-state index contributed by atoms with van der Waals surface area (Å²) in [5.74, 6) is -1.36. The van der Waals surface area contributed by atoms with Crippen LogP contribution in [-0.2, 0) is 22.8 Å². The van der Waals surface area contributed by atoms with Crippen molar-refractivity contribution in [3.8, 4) is 17.2 Å². The molecule has 17 heteroatoms. The molecule has 2 N–H and O–H groups in total. The van der Waals surface area contributed by atoms with E-state index in [1.807, 2.05) is 50.2 Å². The molecule has 17 nitrogen and oxygen atoms in total. The van der Waals surface area contributed by atoms with E-state index < -0.39 is 33.7 Å². The van der Waals surface area contributed by atoms with Crippen LogP contribution < -0.4 is 14.2 Å². The van der Waals surface area contributed by atoms with Gasteiger partial charge in [0.2, 0.25) is 5.79 Å². The SMILES string of the molecule is C=CCO[C@@]12Oc3ccc(OCc4cccc(C)n4)cc3[C@H]3[C@H](CCCCO)[C@@H](CCCCO)C=C(C(=NOCc4ccc([N+](=O)[O-])cc4)C[C@@H]1N(CCC)C(=O)Oc1ccc([N+](=O)[O-])cc1)[C@H]32. The van der Waals surface area contributed by atoms with Gasteiger partial charge in [0.15, 0.2) is 0 Å². The van der Waals surface area contributed by atoms with E-state index in [0.29, 0.717) is 42.0 Å². The number of nitrogens with zero attached hydrogens (tertiary/aromatic N) is 5. The zero-order valence-corrected chi connectivity index (χ0v) is 38.4. The summed E-state index contributed by atoms with van der Waals surface area (Å²) in [6.45, 7) is 8.39. The fraction of sp³-hybridized carbons (Fsp3) is 0.431. The highest BCUT2D eigenvalue weighted by atomic mass is 16.7. The Kier molecular flexibility index (Phi) is 16.6. The number of hydrogen-bond acceptors (Lipinski definition) is 14. The van der Waals surface area contributed by atoms with E-state index in [1.165, 1.54) is 36.4 Å². The first kappa shape index (κ1) is 49.2. The van der Waals surface area contributed by atoms with E-state index in [0.717, 1.165) is 48.2 Å². The molecule has 1 aromatic heterocycles. The molecule has 3 aromatic carbocycles. The second-order valence-corrected chi connectivity index (χ2v) is 17.3. The average Bonchev–Trinajstić information content (AvgIpc) is 3.33. The highest BCUT2D eigenvalue weighted by Crippen LogP contribution is 2.62. The molecule has 1 amide bonds.